The molecule has 4 heteroatoms. The number of rotatable bonds is 8. The quantitative estimate of drug-likeness (QED) is 0.545. The van der Waals surface area contributed by atoms with Crippen molar-refractivity contribution in [2.75, 3.05) is 0 Å². The largest absolute Gasteiger partial charge is 0.478 e. The van der Waals surface area contributed by atoms with Crippen LogP contribution < -0.4 is 0 Å². The van der Waals surface area contributed by atoms with Gasteiger partial charge in [0.15, 0.2) is 6.29 Å². The summed E-state index contributed by atoms with van der Waals surface area (Å²) in [6.07, 6.45) is 10.6. The molecule has 0 saturated heterocycles. The van der Waals surface area contributed by atoms with Crippen LogP contribution in [0.4, 0.5) is 0 Å². The molecule has 2 saturated carbocycles. The molecule has 20 heavy (non-hydrogen) atoms. The van der Waals surface area contributed by atoms with Crippen LogP contribution in [0, 0.1) is 0 Å². The standard InChI is InChI=1S/C16H26O4/c1-12(16(17)18)10-11-15(19-13-6-2-3-7-13)20-14-8-4-5-9-14/h13-15H,1-11H2,(H,17,18). The van der Waals surface area contributed by atoms with E-state index in [-0.39, 0.29) is 11.9 Å². The minimum Gasteiger partial charge on any atom is -0.478 e. The Kier molecular flexibility index (Phi) is 6.05. The molecule has 0 aromatic rings. The maximum Gasteiger partial charge on any atom is 0.330 e. The van der Waals surface area contributed by atoms with E-state index in [4.69, 9.17) is 14.6 Å². The number of hydrogen-bond acceptors (Lipinski definition) is 3. The minimum atomic E-state index is -0.925. The zero-order valence-electron chi connectivity index (χ0n) is 12.2. The molecule has 0 aromatic heterocycles. The number of carboxylic acid groups (broad SMARTS) is 1. The highest BCUT2D eigenvalue weighted by atomic mass is 16.7. The monoisotopic (exact) mass is 282 g/mol. The van der Waals surface area contributed by atoms with Crippen molar-refractivity contribution in [2.24, 2.45) is 0 Å². The van der Waals surface area contributed by atoms with Gasteiger partial charge in [-0.1, -0.05) is 32.3 Å². The normalized spacial score (nSPS) is 20.9. The molecule has 0 aromatic carbocycles. The van der Waals surface area contributed by atoms with Gasteiger partial charge in [-0.25, -0.2) is 4.79 Å². The van der Waals surface area contributed by atoms with E-state index in [0.717, 1.165) is 25.7 Å². The lowest BCUT2D eigenvalue weighted by atomic mass is 10.1. The Morgan fingerprint density at radius 3 is 1.90 bits per heavy atom. The predicted molar refractivity (Wildman–Crippen MR) is 76.5 cm³/mol. The van der Waals surface area contributed by atoms with Crippen LogP contribution in [-0.2, 0) is 14.3 Å². The van der Waals surface area contributed by atoms with Crippen molar-refractivity contribution in [2.45, 2.75) is 82.7 Å². The van der Waals surface area contributed by atoms with Crippen LogP contribution in [0.25, 0.3) is 0 Å². The lowest BCUT2D eigenvalue weighted by Crippen LogP contribution is -2.27. The average Bonchev–Trinajstić information content (AvgIpc) is 3.08. The Morgan fingerprint density at radius 2 is 1.50 bits per heavy atom. The summed E-state index contributed by atoms with van der Waals surface area (Å²) in [7, 11) is 0. The van der Waals surface area contributed by atoms with Gasteiger partial charge in [0.05, 0.1) is 12.2 Å². The lowest BCUT2D eigenvalue weighted by molar-refractivity contribution is -0.194. The molecule has 114 valence electrons. The van der Waals surface area contributed by atoms with Crippen molar-refractivity contribution >= 4 is 5.97 Å². The fourth-order valence-electron chi connectivity index (χ4n) is 3.05. The summed E-state index contributed by atoms with van der Waals surface area (Å²) in [5.74, 6) is -0.925. The predicted octanol–water partition coefficient (Wildman–Crippen LogP) is 3.65. The molecule has 2 rings (SSSR count). The van der Waals surface area contributed by atoms with Crippen LogP contribution in [0.15, 0.2) is 12.2 Å². The molecule has 0 aliphatic heterocycles. The van der Waals surface area contributed by atoms with E-state index >= 15 is 0 Å². The van der Waals surface area contributed by atoms with E-state index in [0.29, 0.717) is 25.0 Å². The Hall–Kier alpha value is -0.870. The molecule has 0 unspecified atom stereocenters. The van der Waals surface area contributed by atoms with Gasteiger partial charge in [0, 0.05) is 12.0 Å². The van der Waals surface area contributed by atoms with Crippen LogP contribution >= 0.6 is 0 Å². The molecule has 2 aliphatic carbocycles. The first kappa shape index (κ1) is 15.5. The minimum absolute atomic E-state index is 0.236. The zero-order valence-corrected chi connectivity index (χ0v) is 12.2. The fraction of sp³-hybridized carbons (Fsp3) is 0.812. The topological polar surface area (TPSA) is 55.8 Å². The van der Waals surface area contributed by atoms with Crippen LogP contribution in [0.2, 0.25) is 0 Å². The van der Waals surface area contributed by atoms with E-state index in [1.165, 1.54) is 25.7 Å². The molecule has 1 N–H and O–H groups in total. The Balaban J connectivity index is 1.81. The molecule has 0 atom stereocenters. The molecule has 0 heterocycles. The second-order valence-electron chi connectivity index (χ2n) is 5.96. The lowest BCUT2D eigenvalue weighted by Gasteiger charge is -2.25. The molecule has 0 amide bonds. The number of carbonyl (C=O) groups is 1. The van der Waals surface area contributed by atoms with Gasteiger partial charge >= 0.3 is 5.97 Å². The first-order valence-electron chi connectivity index (χ1n) is 7.87. The third-order valence-electron chi connectivity index (χ3n) is 4.28. The molecular weight excluding hydrogens is 256 g/mol. The SMILES string of the molecule is C=C(CCC(OC1CCCC1)OC1CCCC1)C(=O)O. The van der Waals surface area contributed by atoms with Crippen molar-refractivity contribution in [1.29, 1.82) is 0 Å². The van der Waals surface area contributed by atoms with Gasteiger partial charge in [-0.2, -0.15) is 0 Å². The van der Waals surface area contributed by atoms with Gasteiger partial charge in [0.25, 0.3) is 0 Å². The molecule has 0 spiro atoms. The summed E-state index contributed by atoms with van der Waals surface area (Å²) in [5, 5.41) is 8.88. The van der Waals surface area contributed by atoms with Gasteiger partial charge in [-0.3, -0.25) is 0 Å². The number of aliphatic carboxylic acids is 1. The summed E-state index contributed by atoms with van der Waals surface area (Å²) in [4.78, 5) is 10.8. The van der Waals surface area contributed by atoms with E-state index in [1.807, 2.05) is 0 Å². The molecule has 4 nitrogen and oxygen atoms in total. The Labute approximate surface area is 121 Å². The first-order chi connectivity index (χ1) is 9.65. The number of carboxylic acids is 1. The fourth-order valence-corrected chi connectivity index (χ4v) is 3.05. The van der Waals surface area contributed by atoms with E-state index in [9.17, 15) is 4.79 Å². The molecule has 0 radical (unpaired) electrons. The van der Waals surface area contributed by atoms with Gasteiger partial charge in [0.2, 0.25) is 0 Å². The number of ether oxygens (including phenoxy) is 2. The van der Waals surface area contributed by atoms with Crippen molar-refractivity contribution in [1.82, 2.24) is 0 Å². The van der Waals surface area contributed by atoms with Gasteiger partial charge in [-0.05, 0) is 32.1 Å². The smallest absolute Gasteiger partial charge is 0.330 e. The molecule has 2 fully saturated rings. The van der Waals surface area contributed by atoms with Crippen molar-refractivity contribution in [3.05, 3.63) is 12.2 Å². The van der Waals surface area contributed by atoms with E-state index in [2.05, 4.69) is 6.58 Å². The van der Waals surface area contributed by atoms with Gasteiger partial charge < -0.3 is 14.6 Å². The van der Waals surface area contributed by atoms with E-state index < -0.39 is 5.97 Å². The van der Waals surface area contributed by atoms with Crippen LogP contribution in [-0.4, -0.2) is 29.6 Å². The average molecular weight is 282 g/mol. The van der Waals surface area contributed by atoms with E-state index in [1.54, 1.807) is 0 Å². The van der Waals surface area contributed by atoms with Gasteiger partial charge in [0.1, 0.15) is 0 Å². The molecule has 0 bridgehead atoms. The van der Waals surface area contributed by atoms with Crippen LogP contribution in [0.1, 0.15) is 64.2 Å². The van der Waals surface area contributed by atoms with Crippen molar-refractivity contribution < 1.29 is 19.4 Å². The highest BCUT2D eigenvalue weighted by Gasteiger charge is 2.25. The second-order valence-corrected chi connectivity index (χ2v) is 5.96. The molecule has 2 aliphatic rings. The summed E-state index contributed by atoms with van der Waals surface area (Å²) >= 11 is 0. The maximum atomic E-state index is 10.8. The summed E-state index contributed by atoms with van der Waals surface area (Å²) in [6.45, 7) is 3.58. The second kappa shape index (κ2) is 7.79. The maximum absolute atomic E-state index is 10.8. The third kappa shape index (κ3) is 4.91. The third-order valence-corrected chi connectivity index (χ3v) is 4.28. The van der Waals surface area contributed by atoms with Gasteiger partial charge in [-0.15, -0.1) is 0 Å². The molecular formula is C16H26O4. The zero-order chi connectivity index (χ0) is 14.4. The Bertz CT molecular complexity index is 309. The number of hydrogen-bond donors (Lipinski definition) is 1. The van der Waals surface area contributed by atoms with Crippen LogP contribution in [0.5, 0.6) is 0 Å². The van der Waals surface area contributed by atoms with Crippen molar-refractivity contribution in [3.8, 4) is 0 Å². The summed E-state index contributed by atoms with van der Waals surface area (Å²) < 4.78 is 12.1. The summed E-state index contributed by atoms with van der Waals surface area (Å²) in [5.41, 5.74) is 0.236. The van der Waals surface area contributed by atoms with Crippen LogP contribution in [0.3, 0.4) is 0 Å². The highest BCUT2D eigenvalue weighted by Crippen LogP contribution is 2.28. The summed E-state index contributed by atoms with van der Waals surface area (Å²) in [6, 6.07) is 0. The first-order valence-corrected chi connectivity index (χ1v) is 7.87. The Morgan fingerprint density at radius 1 is 1.05 bits per heavy atom. The highest BCUT2D eigenvalue weighted by molar-refractivity contribution is 5.85. The van der Waals surface area contributed by atoms with Crippen molar-refractivity contribution in [3.63, 3.8) is 0 Å².